The lowest BCUT2D eigenvalue weighted by Gasteiger charge is -1.99. The number of hydrogen-bond donors (Lipinski definition) is 1. The predicted octanol–water partition coefficient (Wildman–Crippen LogP) is 1.67. The summed E-state index contributed by atoms with van der Waals surface area (Å²) < 4.78 is 2.03. The largest absolute Gasteiger partial charge is 0.299 e. The minimum Gasteiger partial charge on any atom is -0.299 e. The summed E-state index contributed by atoms with van der Waals surface area (Å²) in [6.07, 6.45) is 1.92. The van der Waals surface area contributed by atoms with Crippen LogP contribution >= 0.6 is 0 Å². The summed E-state index contributed by atoms with van der Waals surface area (Å²) in [6.45, 7) is 0. The van der Waals surface area contributed by atoms with Gasteiger partial charge in [0, 0.05) is 6.20 Å². The van der Waals surface area contributed by atoms with Gasteiger partial charge in [-0.05, 0) is 28.8 Å². The molecule has 0 aliphatic carbocycles. The third kappa shape index (κ3) is 1.22. The van der Waals surface area contributed by atoms with E-state index in [9.17, 15) is 0 Å². The first-order chi connectivity index (χ1) is 8.92. The Morgan fingerprint density at radius 2 is 2.00 bits per heavy atom. The Hall–Kier alpha value is -2.76. The highest BCUT2D eigenvalue weighted by Crippen LogP contribution is 2.20. The van der Waals surface area contributed by atoms with Gasteiger partial charge in [-0.15, -0.1) is 10.2 Å². The van der Waals surface area contributed by atoms with E-state index in [4.69, 9.17) is 0 Å². The fourth-order valence-electron chi connectivity index (χ4n) is 2.10. The molecule has 3 heterocycles. The number of rotatable bonds is 1. The Morgan fingerprint density at radius 3 is 2.89 bits per heavy atom. The van der Waals surface area contributed by atoms with Crippen LogP contribution in [-0.4, -0.2) is 30.0 Å². The van der Waals surface area contributed by atoms with Gasteiger partial charge in [-0.25, -0.2) is 4.98 Å². The topological polar surface area (TPSA) is 71.8 Å². The fourth-order valence-corrected chi connectivity index (χ4v) is 2.10. The summed E-state index contributed by atoms with van der Waals surface area (Å²) in [6, 6.07) is 12.2. The number of hydrogen-bond acceptors (Lipinski definition) is 4. The molecule has 1 N–H and O–H groups in total. The van der Waals surface area contributed by atoms with Gasteiger partial charge in [0.1, 0.15) is 11.3 Å². The Labute approximate surface area is 101 Å². The third-order valence-corrected chi connectivity index (χ3v) is 2.92. The summed E-state index contributed by atoms with van der Waals surface area (Å²) in [7, 11) is 0. The molecule has 0 unspecified atom stereocenters. The van der Waals surface area contributed by atoms with Crippen LogP contribution in [0.15, 0.2) is 42.6 Å². The lowest BCUT2D eigenvalue weighted by atomic mass is 10.2. The van der Waals surface area contributed by atoms with Crippen LogP contribution in [0.1, 0.15) is 0 Å². The van der Waals surface area contributed by atoms with E-state index in [1.807, 2.05) is 28.8 Å². The maximum absolute atomic E-state index is 4.48. The average Bonchev–Trinajstić information content (AvgIpc) is 3.07. The van der Waals surface area contributed by atoms with Crippen molar-refractivity contribution in [3.63, 3.8) is 0 Å². The molecule has 0 fully saturated rings. The summed E-state index contributed by atoms with van der Waals surface area (Å²) in [4.78, 5) is 4.48. The zero-order chi connectivity index (χ0) is 11.9. The van der Waals surface area contributed by atoms with Crippen molar-refractivity contribution in [3.8, 4) is 11.5 Å². The molecule has 0 bridgehead atoms. The van der Waals surface area contributed by atoms with E-state index in [0.717, 1.165) is 11.2 Å². The van der Waals surface area contributed by atoms with E-state index in [1.165, 1.54) is 5.39 Å². The van der Waals surface area contributed by atoms with E-state index in [1.54, 1.807) is 0 Å². The van der Waals surface area contributed by atoms with Crippen molar-refractivity contribution in [3.05, 3.63) is 42.6 Å². The third-order valence-electron chi connectivity index (χ3n) is 2.92. The van der Waals surface area contributed by atoms with Gasteiger partial charge in [-0.1, -0.05) is 18.2 Å². The van der Waals surface area contributed by atoms with Gasteiger partial charge in [0.25, 0.3) is 0 Å². The van der Waals surface area contributed by atoms with Crippen LogP contribution in [0.2, 0.25) is 0 Å². The zero-order valence-corrected chi connectivity index (χ0v) is 9.28. The van der Waals surface area contributed by atoms with E-state index in [-0.39, 0.29) is 0 Å². The number of aromatic nitrogens is 6. The first-order valence-corrected chi connectivity index (χ1v) is 5.52. The lowest BCUT2D eigenvalue weighted by Crippen LogP contribution is -1.85. The summed E-state index contributed by atoms with van der Waals surface area (Å²) >= 11 is 0. The number of para-hydroxylation sites is 1. The Morgan fingerprint density at radius 1 is 1.06 bits per heavy atom. The molecular weight excluding hydrogens is 228 g/mol. The lowest BCUT2D eigenvalue weighted by molar-refractivity contribution is 0.881. The second-order valence-electron chi connectivity index (χ2n) is 3.98. The van der Waals surface area contributed by atoms with Crippen LogP contribution in [0.5, 0.6) is 0 Å². The first-order valence-electron chi connectivity index (χ1n) is 5.52. The number of benzene rings is 1. The minimum atomic E-state index is 0.503. The molecule has 0 atom stereocenters. The molecule has 0 radical (unpaired) electrons. The van der Waals surface area contributed by atoms with Crippen molar-refractivity contribution in [2.24, 2.45) is 0 Å². The molecule has 0 amide bonds. The monoisotopic (exact) mass is 236 g/mol. The summed E-state index contributed by atoms with van der Waals surface area (Å²) in [5, 5.41) is 15.0. The number of nitrogens with zero attached hydrogens (tertiary/aromatic N) is 5. The molecule has 0 aliphatic rings. The molecule has 0 saturated heterocycles. The molecule has 4 rings (SSSR count). The normalized spacial score (nSPS) is 11.3. The number of fused-ring (bicyclic) bond motifs is 3. The van der Waals surface area contributed by atoms with E-state index in [0.29, 0.717) is 11.5 Å². The van der Waals surface area contributed by atoms with Crippen LogP contribution in [0.25, 0.3) is 28.1 Å². The van der Waals surface area contributed by atoms with Gasteiger partial charge in [-0.3, -0.25) is 4.40 Å². The molecule has 0 saturated carbocycles. The maximum atomic E-state index is 4.48. The molecule has 3 aromatic heterocycles. The first kappa shape index (κ1) is 9.29. The van der Waals surface area contributed by atoms with Crippen molar-refractivity contribution >= 4 is 16.6 Å². The Balaban J connectivity index is 2.08. The summed E-state index contributed by atoms with van der Waals surface area (Å²) in [5.74, 6) is 0.503. The molecule has 6 nitrogen and oxygen atoms in total. The quantitative estimate of drug-likeness (QED) is 0.545. The van der Waals surface area contributed by atoms with Crippen molar-refractivity contribution < 1.29 is 0 Å². The van der Waals surface area contributed by atoms with Gasteiger partial charge in [-0.2, -0.15) is 5.21 Å². The van der Waals surface area contributed by atoms with Gasteiger partial charge in [0.15, 0.2) is 0 Å². The van der Waals surface area contributed by atoms with Crippen LogP contribution < -0.4 is 0 Å². The van der Waals surface area contributed by atoms with Crippen molar-refractivity contribution in [2.45, 2.75) is 0 Å². The summed E-state index contributed by atoms with van der Waals surface area (Å²) in [5.41, 5.74) is 2.69. The van der Waals surface area contributed by atoms with Gasteiger partial charge >= 0.3 is 0 Å². The van der Waals surface area contributed by atoms with Gasteiger partial charge in [0.05, 0.1) is 5.52 Å². The highest BCUT2D eigenvalue weighted by molar-refractivity contribution is 5.82. The second kappa shape index (κ2) is 3.36. The number of nitrogens with one attached hydrogen (secondary N) is 1. The highest BCUT2D eigenvalue weighted by atomic mass is 15.5. The molecule has 18 heavy (non-hydrogen) atoms. The fraction of sp³-hybridized carbons (Fsp3) is 0. The Kier molecular flexibility index (Phi) is 1.74. The molecule has 6 heteroatoms. The zero-order valence-electron chi connectivity index (χ0n) is 9.28. The average molecular weight is 236 g/mol. The highest BCUT2D eigenvalue weighted by Gasteiger charge is 2.09. The predicted molar refractivity (Wildman–Crippen MR) is 65.9 cm³/mol. The molecule has 4 aromatic rings. The standard InChI is InChI=1S/C12H8N6/c1-2-4-10-8(3-1)5-6-11-13-9(7-18(10)11)12-14-16-17-15-12/h1-7H,(H,14,15,16,17). The number of aromatic amines is 1. The van der Waals surface area contributed by atoms with E-state index < -0.39 is 0 Å². The molecule has 0 spiro atoms. The minimum absolute atomic E-state index is 0.503. The molecule has 1 aromatic carbocycles. The van der Waals surface area contributed by atoms with Crippen LogP contribution in [0.4, 0.5) is 0 Å². The van der Waals surface area contributed by atoms with E-state index in [2.05, 4.69) is 43.8 Å². The molecule has 86 valence electrons. The number of H-pyrrole nitrogens is 1. The van der Waals surface area contributed by atoms with Crippen LogP contribution in [-0.2, 0) is 0 Å². The van der Waals surface area contributed by atoms with Crippen molar-refractivity contribution in [1.29, 1.82) is 0 Å². The Bertz CT molecular complexity index is 830. The molecular formula is C12H8N6. The number of pyridine rings is 1. The SMILES string of the molecule is c1ccc2c(c1)ccc1nc(-c3nn[nH]n3)cn12. The maximum Gasteiger partial charge on any atom is 0.224 e. The van der Waals surface area contributed by atoms with E-state index >= 15 is 0 Å². The number of tetrazole rings is 1. The second-order valence-corrected chi connectivity index (χ2v) is 3.98. The van der Waals surface area contributed by atoms with Crippen LogP contribution in [0, 0.1) is 0 Å². The number of imidazole rings is 1. The van der Waals surface area contributed by atoms with Crippen molar-refractivity contribution in [1.82, 2.24) is 30.0 Å². The van der Waals surface area contributed by atoms with Gasteiger partial charge in [0.2, 0.25) is 5.82 Å². The van der Waals surface area contributed by atoms with Crippen LogP contribution in [0.3, 0.4) is 0 Å². The molecule has 0 aliphatic heterocycles. The van der Waals surface area contributed by atoms with Gasteiger partial charge < -0.3 is 0 Å². The van der Waals surface area contributed by atoms with Crippen molar-refractivity contribution in [2.75, 3.05) is 0 Å². The smallest absolute Gasteiger partial charge is 0.224 e.